The molecule has 0 radical (unpaired) electrons. The molecular formula is C12H21NO3. The van der Waals surface area contributed by atoms with Gasteiger partial charge in [-0.05, 0) is 19.3 Å². The lowest BCUT2D eigenvalue weighted by Crippen LogP contribution is -2.35. The molecule has 0 N–H and O–H groups in total. The summed E-state index contributed by atoms with van der Waals surface area (Å²) in [6.45, 7) is 5.66. The minimum absolute atomic E-state index is 0.253. The number of hydrogen-bond donors (Lipinski definition) is 0. The predicted molar refractivity (Wildman–Crippen MR) is 59.3 cm³/mol. The summed E-state index contributed by atoms with van der Waals surface area (Å²) in [6, 6.07) is 0. The molecule has 0 aromatic rings. The molecule has 3 rings (SSSR count). The smallest absolute Gasteiger partial charge is 0.182 e. The van der Waals surface area contributed by atoms with Crippen LogP contribution in [0.5, 0.6) is 0 Å². The molecule has 16 heavy (non-hydrogen) atoms. The highest BCUT2D eigenvalue weighted by Gasteiger charge is 2.43. The Morgan fingerprint density at radius 2 is 2.06 bits per heavy atom. The third-order valence-corrected chi connectivity index (χ3v) is 3.88. The Bertz CT molecular complexity index is 234. The van der Waals surface area contributed by atoms with Crippen LogP contribution in [-0.4, -0.2) is 56.2 Å². The molecule has 92 valence electrons. The quantitative estimate of drug-likeness (QED) is 0.720. The number of hydrogen-bond acceptors (Lipinski definition) is 4. The van der Waals surface area contributed by atoms with Gasteiger partial charge in [-0.2, -0.15) is 0 Å². The molecule has 4 heteroatoms. The first-order valence-corrected chi connectivity index (χ1v) is 6.48. The first-order chi connectivity index (χ1) is 7.86. The molecule has 3 fully saturated rings. The van der Waals surface area contributed by atoms with E-state index in [2.05, 4.69) is 4.90 Å². The summed E-state index contributed by atoms with van der Waals surface area (Å²) in [4.78, 5) is 2.45. The van der Waals surface area contributed by atoms with Crippen molar-refractivity contribution in [3.8, 4) is 0 Å². The van der Waals surface area contributed by atoms with Crippen LogP contribution in [0, 0.1) is 0 Å². The van der Waals surface area contributed by atoms with Crippen molar-refractivity contribution in [1.82, 2.24) is 4.90 Å². The van der Waals surface area contributed by atoms with E-state index in [1.54, 1.807) is 0 Å². The van der Waals surface area contributed by atoms with Gasteiger partial charge in [0, 0.05) is 26.1 Å². The Hall–Kier alpha value is -0.160. The van der Waals surface area contributed by atoms with Crippen molar-refractivity contribution in [2.75, 3.05) is 39.5 Å². The fourth-order valence-corrected chi connectivity index (χ4v) is 2.95. The largest absolute Gasteiger partial charge is 0.378 e. The van der Waals surface area contributed by atoms with Crippen LogP contribution in [0.1, 0.15) is 25.7 Å². The third kappa shape index (κ3) is 2.25. The summed E-state index contributed by atoms with van der Waals surface area (Å²) in [6.07, 6.45) is 5.17. The molecule has 0 aliphatic carbocycles. The average Bonchev–Trinajstić information content (AvgIpc) is 3.01. The van der Waals surface area contributed by atoms with Crippen molar-refractivity contribution >= 4 is 0 Å². The Morgan fingerprint density at radius 3 is 2.81 bits per heavy atom. The lowest BCUT2D eigenvalue weighted by atomic mass is 10.2. The average molecular weight is 227 g/mol. The molecule has 1 atom stereocenters. The molecule has 3 saturated heterocycles. The van der Waals surface area contributed by atoms with Gasteiger partial charge in [0.05, 0.1) is 25.9 Å². The van der Waals surface area contributed by atoms with Crippen LogP contribution in [0.4, 0.5) is 0 Å². The first-order valence-electron chi connectivity index (χ1n) is 6.48. The topological polar surface area (TPSA) is 30.9 Å². The molecule has 0 bridgehead atoms. The van der Waals surface area contributed by atoms with Crippen LogP contribution in [0.25, 0.3) is 0 Å². The maximum absolute atomic E-state index is 5.71. The summed E-state index contributed by atoms with van der Waals surface area (Å²) >= 11 is 0. The van der Waals surface area contributed by atoms with E-state index in [1.165, 1.54) is 12.8 Å². The second kappa shape index (κ2) is 4.61. The molecule has 0 amide bonds. The highest BCUT2D eigenvalue weighted by atomic mass is 16.7. The highest BCUT2D eigenvalue weighted by Crippen LogP contribution is 2.30. The van der Waals surface area contributed by atoms with E-state index in [0.717, 1.165) is 52.3 Å². The van der Waals surface area contributed by atoms with E-state index in [4.69, 9.17) is 14.2 Å². The zero-order chi connectivity index (χ0) is 10.8. The Morgan fingerprint density at radius 1 is 1.19 bits per heavy atom. The van der Waals surface area contributed by atoms with Gasteiger partial charge >= 0.3 is 0 Å². The molecule has 0 aromatic heterocycles. The van der Waals surface area contributed by atoms with Crippen LogP contribution in [0.3, 0.4) is 0 Å². The van der Waals surface area contributed by atoms with Gasteiger partial charge in [0.15, 0.2) is 5.79 Å². The minimum atomic E-state index is -0.253. The standard InChI is InChI=1S/C12H21NO3/c1-2-11(14-7-1)3-5-13-6-4-12(10-13)15-8-9-16-12/h11H,1-10H2. The van der Waals surface area contributed by atoms with Gasteiger partial charge in [0.1, 0.15) is 0 Å². The Balaban J connectivity index is 1.43. The molecule has 0 aromatic carbocycles. The molecule has 0 saturated carbocycles. The van der Waals surface area contributed by atoms with Gasteiger partial charge in [-0.1, -0.05) is 0 Å². The number of ether oxygens (including phenoxy) is 3. The number of likely N-dealkylation sites (tertiary alicyclic amines) is 1. The van der Waals surface area contributed by atoms with E-state index < -0.39 is 0 Å². The van der Waals surface area contributed by atoms with Crippen LogP contribution < -0.4 is 0 Å². The van der Waals surface area contributed by atoms with E-state index in [0.29, 0.717) is 6.10 Å². The van der Waals surface area contributed by atoms with Crippen molar-refractivity contribution in [1.29, 1.82) is 0 Å². The number of nitrogens with zero attached hydrogens (tertiary/aromatic N) is 1. The van der Waals surface area contributed by atoms with Crippen LogP contribution in [0.2, 0.25) is 0 Å². The normalized spacial score (nSPS) is 34.1. The van der Waals surface area contributed by atoms with Crippen molar-refractivity contribution in [2.45, 2.75) is 37.6 Å². The van der Waals surface area contributed by atoms with Gasteiger partial charge < -0.3 is 14.2 Å². The zero-order valence-corrected chi connectivity index (χ0v) is 9.82. The van der Waals surface area contributed by atoms with E-state index in [1.807, 2.05) is 0 Å². The Kier molecular flexibility index (Phi) is 3.16. The van der Waals surface area contributed by atoms with Crippen molar-refractivity contribution in [2.24, 2.45) is 0 Å². The number of rotatable bonds is 3. The first kappa shape index (κ1) is 11.0. The molecule has 1 unspecified atom stereocenters. The molecular weight excluding hydrogens is 206 g/mol. The van der Waals surface area contributed by atoms with E-state index in [9.17, 15) is 0 Å². The van der Waals surface area contributed by atoms with Crippen molar-refractivity contribution < 1.29 is 14.2 Å². The minimum Gasteiger partial charge on any atom is -0.378 e. The van der Waals surface area contributed by atoms with Crippen LogP contribution in [-0.2, 0) is 14.2 Å². The monoisotopic (exact) mass is 227 g/mol. The van der Waals surface area contributed by atoms with Gasteiger partial charge in [-0.15, -0.1) is 0 Å². The Labute approximate surface area is 96.8 Å². The van der Waals surface area contributed by atoms with Gasteiger partial charge in [-0.25, -0.2) is 0 Å². The summed E-state index contributed by atoms with van der Waals surface area (Å²) in [5.74, 6) is -0.253. The molecule has 4 nitrogen and oxygen atoms in total. The zero-order valence-electron chi connectivity index (χ0n) is 9.82. The molecule has 3 aliphatic rings. The van der Waals surface area contributed by atoms with E-state index >= 15 is 0 Å². The van der Waals surface area contributed by atoms with E-state index in [-0.39, 0.29) is 5.79 Å². The summed E-state index contributed by atoms with van der Waals surface area (Å²) in [7, 11) is 0. The predicted octanol–water partition coefficient (Wildman–Crippen LogP) is 1.00. The fraction of sp³-hybridized carbons (Fsp3) is 1.00. The maximum Gasteiger partial charge on any atom is 0.182 e. The molecule has 3 aliphatic heterocycles. The molecule has 1 spiro atoms. The second-order valence-electron chi connectivity index (χ2n) is 5.06. The van der Waals surface area contributed by atoms with Gasteiger partial charge in [-0.3, -0.25) is 4.90 Å². The van der Waals surface area contributed by atoms with Crippen molar-refractivity contribution in [3.05, 3.63) is 0 Å². The summed E-state index contributed by atoms with van der Waals surface area (Å²) in [5, 5.41) is 0. The van der Waals surface area contributed by atoms with Crippen molar-refractivity contribution in [3.63, 3.8) is 0 Å². The molecule has 3 heterocycles. The van der Waals surface area contributed by atoms with Gasteiger partial charge in [0.2, 0.25) is 0 Å². The second-order valence-corrected chi connectivity index (χ2v) is 5.06. The lowest BCUT2D eigenvalue weighted by molar-refractivity contribution is -0.145. The maximum atomic E-state index is 5.71. The van der Waals surface area contributed by atoms with Crippen LogP contribution >= 0.6 is 0 Å². The fourth-order valence-electron chi connectivity index (χ4n) is 2.95. The van der Waals surface area contributed by atoms with Gasteiger partial charge in [0.25, 0.3) is 0 Å². The summed E-state index contributed by atoms with van der Waals surface area (Å²) < 4.78 is 17.1. The van der Waals surface area contributed by atoms with Crippen LogP contribution in [0.15, 0.2) is 0 Å². The summed E-state index contributed by atoms with van der Waals surface area (Å²) in [5.41, 5.74) is 0. The third-order valence-electron chi connectivity index (χ3n) is 3.88. The highest BCUT2D eigenvalue weighted by molar-refractivity contribution is 4.87. The SMILES string of the molecule is C1COC(CCN2CCC3(C2)OCCO3)C1. The lowest BCUT2D eigenvalue weighted by Gasteiger charge is -2.23.